The molecule has 1 fully saturated rings. The van der Waals surface area contributed by atoms with Gasteiger partial charge in [0, 0.05) is 6.04 Å². The van der Waals surface area contributed by atoms with Crippen LogP contribution < -0.4 is 5.32 Å². The SMILES string of the molecule is CC(c1ccccc1)N1CCC(CNC(c2ccc(F)cc2)c2ccc(F)cc2)CC1. The van der Waals surface area contributed by atoms with Gasteiger partial charge in [-0.3, -0.25) is 4.90 Å². The van der Waals surface area contributed by atoms with Gasteiger partial charge in [0.25, 0.3) is 0 Å². The lowest BCUT2D eigenvalue weighted by Gasteiger charge is -2.37. The van der Waals surface area contributed by atoms with Gasteiger partial charge >= 0.3 is 0 Å². The van der Waals surface area contributed by atoms with E-state index in [0.717, 1.165) is 43.6 Å². The third kappa shape index (κ3) is 5.57. The molecule has 0 saturated carbocycles. The zero-order valence-electron chi connectivity index (χ0n) is 18.0. The number of hydrogen-bond donors (Lipinski definition) is 1. The Hall–Kier alpha value is -2.56. The molecule has 4 rings (SSSR count). The lowest BCUT2D eigenvalue weighted by molar-refractivity contribution is 0.139. The number of nitrogens with zero attached hydrogens (tertiary/aromatic N) is 1. The summed E-state index contributed by atoms with van der Waals surface area (Å²) in [5.74, 6) is 0.0886. The van der Waals surface area contributed by atoms with Crippen LogP contribution in [0.1, 0.15) is 48.5 Å². The van der Waals surface area contributed by atoms with E-state index in [9.17, 15) is 8.78 Å². The molecule has 1 aliphatic heterocycles. The van der Waals surface area contributed by atoms with Gasteiger partial charge in [0.05, 0.1) is 6.04 Å². The van der Waals surface area contributed by atoms with Gasteiger partial charge in [-0.1, -0.05) is 54.6 Å². The van der Waals surface area contributed by atoms with E-state index < -0.39 is 0 Å². The Labute approximate surface area is 183 Å². The Morgan fingerprint density at radius 1 is 0.774 bits per heavy atom. The minimum absolute atomic E-state index is 0.0810. The fourth-order valence-corrected chi connectivity index (χ4v) is 4.51. The molecule has 1 saturated heterocycles. The van der Waals surface area contributed by atoms with Crippen molar-refractivity contribution in [3.05, 3.63) is 107 Å². The predicted molar refractivity (Wildman–Crippen MR) is 122 cm³/mol. The summed E-state index contributed by atoms with van der Waals surface area (Å²) in [6.45, 7) is 5.33. The molecule has 3 aromatic carbocycles. The van der Waals surface area contributed by atoms with Crippen molar-refractivity contribution >= 4 is 0 Å². The third-order valence-corrected chi connectivity index (χ3v) is 6.50. The number of benzene rings is 3. The molecule has 0 aromatic heterocycles. The van der Waals surface area contributed by atoms with E-state index in [0.29, 0.717) is 12.0 Å². The highest BCUT2D eigenvalue weighted by Crippen LogP contribution is 2.28. The molecule has 0 aliphatic carbocycles. The van der Waals surface area contributed by atoms with Crippen LogP contribution in [0, 0.1) is 17.6 Å². The van der Waals surface area contributed by atoms with Gasteiger partial charge in [0.1, 0.15) is 11.6 Å². The van der Waals surface area contributed by atoms with Crippen LogP contribution in [0.4, 0.5) is 8.78 Å². The third-order valence-electron chi connectivity index (χ3n) is 6.50. The quantitative estimate of drug-likeness (QED) is 0.496. The van der Waals surface area contributed by atoms with E-state index in [-0.39, 0.29) is 17.7 Å². The van der Waals surface area contributed by atoms with E-state index in [1.54, 1.807) is 24.3 Å². The van der Waals surface area contributed by atoms with Gasteiger partial charge in [-0.15, -0.1) is 0 Å². The van der Waals surface area contributed by atoms with Gasteiger partial charge in [-0.05, 0) is 86.3 Å². The molecule has 0 bridgehead atoms. The first-order chi connectivity index (χ1) is 15.1. The number of hydrogen-bond acceptors (Lipinski definition) is 2. The van der Waals surface area contributed by atoms with Crippen molar-refractivity contribution in [2.24, 2.45) is 5.92 Å². The fourth-order valence-electron chi connectivity index (χ4n) is 4.51. The Bertz CT molecular complexity index is 888. The molecule has 0 amide bonds. The summed E-state index contributed by atoms with van der Waals surface area (Å²) in [6, 6.07) is 24.2. The fraction of sp³-hybridized carbons (Fsp3) is 0.333. The maximum absolute atomic E-state index is 13.4. The number of nitrogens with one attached hydrogen (secondary N) is 1. The van der Waals surface area contributed by atoms with Crippen molar-refractivity contribution in [1.82, 2.24) is 10.2 Å². The number of piperidine rings is 1. The molecule has 2 nitrogen and oxygen atoms in total. The smallest absolute Gasteiger partial charge is 0.123 e. The Balaban J connectivity index is 1.38. The topological polar surface area (TPSA) is 15.3 Å². The Morgan fingerprint density at radius 2 is 1.29 bits per heavy atom. The van der Waals surface area contributed by atoms with Crippen LogP contribution in [-0.2, 0) is 0 Å². The highest BCUT2D eigenvalue weighted by atomic mass is 19.1. The van der Waals surface area contributed by atoms with Crippen LogP contribution in [-0.4, -0.2) is 24.5 Å². The van der Waals surface area contributed by atoms with Gasteiger partial charge in [0.2, 0.25) is 0 Å². The van der Waals surface area contributed by atoms with E-state index in [1.165, 1.54) is 29.8 Å². The molecule has 31 heavy (non-hydrogen) atoms. The first kappa shape index (κ1) is 21.7. The highest BCUT2D eigenvalue weighted by Gasteiger charge is 2.24. The zero-order valence-corrected chi connectivity index (χ0v) is 18.0. The summed E-state index contributed by atoms with van der Waals surface area (Å²) in [6.07, 6.45) is 2.29. The largest absolute Gasteiger partial charge is 0.306 e. The molecule has 1 N–H and O–H groups in total. The van der Waals surface area contributed by atoms with Crippen molar-refractivity contribution in [2.75, 3.05) is 19.6 Å². The summed E-state index contributed by atoms with van der Waals surface area (Å²) in [5, 5.41) is 3.67. The first-order valence-electron chi connectivity index (χ1n) is 11.1. The number of halogens is 2. The molecule has 162 valence electrons. The van der Waals surface area contributed by atoms with Gasteiger partial charge in [0.15, 0.2) is 0 Å². The van der Waals surface area contributed by atoms with Crippen molar-refractivity contribution < 1.29 is 8.78 Å². The molecule has 0 radical (unpaired) electrons. The molecule has 1 heterocycles. The Morgan fingerprint density at radius 3 is 1.81 bits per heavy atom. The van der Waals surface area contributed by atoms with E-state index in [4.69, 9.17) is 0 Å². The van der Waals surface area contributed by atoms with E-state index >= 15 is 0 Å². The molecule has 3 aromatic rings. The van der Waals surface area contributed by atoms with Crippen molar-refractivity contribution in [2.45, 2.75) is 31.8 Å². The maximum Gasteiger partial charge on any atom is 0.123 e. The predicted octanol–water partition coefficient (Wildman–Crippen LogP) is 6.12. The first-order valence-corrected chi connectivity index (χ1v) is 11.1. The normalized spacial score (nSPS) is 16.5. The van der Waals surface area contributed by atoms with Crippen LogP contribution in [0.2, 0.25) is 0 Å². The Kier molecular flexibility index (Phi) is 7.10. The summed E-state index contributed by atoms with van der Waals surface area (Å²) in [7, 11) is 0. The van der Waals surface area contributed by atoms with E-state index in [2.05, 4.69) is 47.5 Å². The van der Waals surface area contributed by atoms with Gasteiger partial charge in [-0.2, -0.15) is 0 Å². The summed E-state index contributed by atoms with van der Waals surface area (Å²) in [4.78, 5) is 2.56. The van der Waals surface area contributed by atoms with Crippen molar-refractivity contribution in [3.8, 4) is 0 Å². The second-order valence-electron chi connectivity index (χ2n) is 8.51. The van der Waals surface area contributed by atoms with Crippen LogP contribution in [0.5, 0.6) is 0 Å². The van der Waals surface area contributed by atoms with Crippen LogP contribution in [0.3, 0.4) is 0 Å². The second-order valence-corrected chi connectivity index (χ2v) is 8.51. The van der Waals surface area contributed by atoms with Crippen LogP contribution in [0.25, 0.3) is 0 Å². The summed E-state index contributed by atoms with van der Waals surface area (Å²) in [5.41, 5.74) is 3.35. The minimum atomic E-state index is -0.249. The number of likely N-dealkylation sites (tertiary alicyclic amines) is 1. The maximum atomic E-state index is 13.4. The van der Waals surface area contributed by atoms with Crippen LogP contribution in [0.15, 0.2) is 78.9 Å². The lowest BCUT2D eigenvalue weighted by atomic mass is 9.93. The molecule has 0 spiro atoms. The monoisotopic (exact) mass is 420 g/mol. The van der Waals surface area contributed by atoms with Crippen molar-refractivity contribution in [3.63, 3.8) is 0 Å². The molecule has 1 unspecified atom stereocenters. The highest BCUT2D eigenvalue weighted by molar-refractivity contribution is 5.32. The summed E-state index contributed by atoms with van der Waals surface area (Å²) >= 11 is 0. The average molecular weight is 421 g/mol. The molecule has 4 heteroatoms. The summed E-state index contributed by atoms with van der Waals surface area (Å²) < 4.78 is 26.9. The van der Waals surface area contributed by atoms with Crippen molar-refractivity contribution in [1.29, 1.82) is 0 Å². The lowest BCUT2D eigenvalue weighted by Crippen LogP contribution is -2.39. The minimum Gasteiger partial charge on any atom is -0.306 e. The molecular formula is C27H30F2N2. The number of rotatable bonds is 7. The standard InChI is InChI=1S/C27H30F2N2/c1-20(22-5-3-2-4-6-22)31-17-15-21(16-18-31)19-30-27(23-7-11-25(28)12-8-23)24-9-13-26(29)14-10-24/h2-14,20-21,27,30H,15-19H2,1H3. The molecule has 1 atom stereocenters. The second kappa shape index (κ2) is 10.2. The zero-order chi connectivity index (χ0) is 21.6. The van der Waals surface area contributed by atoms with Crippen LogP contribution >= 0.6 is 0 Å². The van der Waals surface area contributed by atoms with Gasteiger partial charge in [-0.25, -0.2) is 8.78 Å². The average Bonchev–Trinajstić information content (AvgIpc) is 2.82. The van der Waals surface area contributed by atoms with E-state index in [1.807, 2.05) is 0 Å². The van der Waals surface area contributed by atoms with Gasteiger partial charge < -0.3 is 5.32 Å². The molecule has 1 aliphatic rings. The molecular weight excluding hydrogens is 390 g/mol.